The summed E-state index contributed by atoms with van der Waals surface area (Å²) in [5, 5.41) is 23.9. The summed E-state index contributed by atoms with van der Waals surface area (Å²) in [7, 11) is 0. The van der Waals surface area contributed by atoms with E-state index in [0.717, 1.165) is 5.56 Å². The maximum Gasteiger partial charge on any atom is 0.297 e. The molecule has 0 bridgehead atoms. The van der Waals surface area contributed by atoms with Crippen molar-refractivity contribution >= 4 is 22.0 Å². The van der Waals surface area contributed by atoms with Crippen LogP contribution in [0.2, 0.25) is 0 Å². The standard InChI is InChI=1S/C22H13N5O6S/c28-21-15(9-12-1-6-17-19(10-12)32-11-31-17)23-24-22-26(21)25-20(34-22)18-8-7-16(33-18)13-2-4-14(5-3-13)27(29)30/h1-8,10H,9,11H2. The van der Waals surface area contributed by atoms with E-state index in [4.69, 9.17) is 13.9 Å². The molecule has 4 heterocycles. The fourth-order valence-electron chi connectivity index (χ4n) is 3.56. The topological polar surface area (TPSA) is 135 Å². The highest BCUT2D eigenvalue weighted by Gasteiger charge is 2.18. The Morgan fingerprint density at radius 2 is 1.79 bits per heavy atom. The lowest BCUT2D eigenvalue weighted by atomic mass is 10.1. The Morgan fingerprint density at radius 3 is 2.62 bits per heavy atom. The van der Waals surface area contributed by atoms with Gasteiger partial charge in [-0.25, -0.2) is 0 Å². The van der Waals surface area contributed by atoms with Crippen LogP contribution in [-0.2, 0) is 6.42 Å². The van der Waals surface area contributed by atoms with Gasteiger partial charge in [0.15, 0.2) is 22.3 Å². The zero-order valence-electron chi connectivity index (χ0n) is 17.2. The Balaban J connectivity index is 1.29. The van der Waals surface area contributed by atoms with Gasteiger partial charge >= 0.3 is 0 Å². The van der Waals surface area contributed by atoms with Crippen molar-refractivity contribution in [3.05, 3.63) is 86.3 Å². The van der Waals surface area contributed by atoms with Crippen LogP contribution in [0.25, 0.3) is 27.1 Å². The number of benzene rings is 2. The second-order valence-electron chi connectivity index (χ2n) is 7.39. The summed E-state index contributed by atoms with van der Waals surface area (Å²) < 4.78 is 17.8. The number of ether oxygens (including phenoxy) is 2. The van der Waals surface area contributed by atoms with Crippen LogP contribution < -0.4 is 15.0 Å². The van der Waals surface area contributed by atoms with Crippen LogP contribution in [0.15, 0.2) is 63.8 Å². The van der Waals surface area contributed by atoms with Gasteiger partial charge in [0.2, 0.25) is 11.8 Å². The van der Waals surface area contributed by atoms with Crippen LogP contribution in [0.4, 0.5) is 5.69 Å². The van der Waals surface area contributed by atoms with Crippen molar-refractivity contribution in [2.24, 2.45) is 0 Å². The number of nitrogens with zero attached hydrogens (tertiary/aromatic N) is 5. The highest BCUT2D eigenvalue weighted by atomic mass is 32.1. The number of nitro benzene ring substituents is 1. The van der Waals surface area contributed by atoms with E-state index in [0.29, 0.717) is 38.6 Å². The molecule has 0 radical (unpaired) electrons. The summed E-state index contributed by atoms with van der Waals surface area (Å²) in [6, 6.07) is 14.9. The normalized spacial score (nSPS) is 12.4. The number of nitro groups is 1. The zero-order valence-corrected chi connectivity index (χ0v) is 18.0. The van der Waals surface area contributed by atoms with Gasteiger partial charge in [0.05, 0.1) is 4.92 Å². The molecule has 0 fully saturated rings. The Hall–Kier alpha value is -4.58. The number of fused-ring (bicyclic) bond motifs is 2. The van der Waals surface area contributed by atoms with Gasteiger partial charge in [-0.2, -0.15) is 4.52 Å². The minimum absolute atomic E-state index is 0.00351. The third-order valence-electron chi connectivity index (χ3n) is 5.24. The van der Waals surface area contributed by atoms with E-state index < -0.39 is 4.92 Å². The van der Waals surface area contributed by atoms with Crippen molar-refractivity contribution in [3.8, 4) is 33.6 Å². The van der Waals surface area contributed by atoms with Gasteiger partial charge in [-0.1, -0.05) is 17.4 Å². The average molecular weight is 475 g/mol. The summed E-state index contributed by atoms with van der Waals surface area (Å²) in [5.74, 6) is 2.26. The summed E-state index contributed by atoms with van der Waals surface area (Å²) in [6.07, 6.45) is 0.267. The second kappa shape index (κ2) is 7.78. The highest BCUT2D eigenvalue weighted by molar-refractivity contribution is 7.19. The predicted octanol–water partition coefficient (Wildman–Crippen LogP) is 3.70. The largest absolute Gasteiger partial charge is 0.454 e. The minimum Gasteiger partial charge on any atom is -0.454 e. The maximum absolute atomic E-state index is 13.0. The molecule has 1 aliphatic heterocycles. The van der Waals surface area contributed by atoms with Gasteiger partial charge in [0, 0.05) is 24.1 Å². The summed E-state index contributed by atoms with van der Waals surface area (Å²) in [5.41, 5.74) is 1.40. The molecule has 6 rings (SSSR count). The van der Waals surface area contributed by atoms with Gasteiger partial charge in [0.1, 0.15) is 11.5 Å². The van der Waals surface area contributed by atoms with E-state index in [1.54, 1.807) is 30.3 Å². The van der Waals surface area contributed by atoms with Gasteiger partial charge in [-0.05, 0) is 42.0 Å². The number of hydrogen-bond acceptors (Lipinski definition) is 10. The lowest BCUT2D eigenvalue weighted by molar-refractivity contribution is -0.384. The van der Waals surface area contributed by atoms with E-state index in [1.807, 2.05) is 12.1 Å². The predicted molar refractivity (Wildman–Crippen MR) is 120 cm³/mol. The lowest BCUT2D eigenvalue weighted by Gasteiger charge is -2.02. The fraction of sp³-hybridized carbons (Fsp3) is 0.0909. The second-order valence-corrected chi connectivity index (χ2v) is 8.34. The Kier molecular flexibility index (Phi) is 4.59. The molecule has 12 heteroatoms. The Labute approximate surface area is 194 Å². The van der Waals surface area contributed by atoms with Crippen LogP contribution in [0, 0.1) is 10.1 Å². The molecule has 1 aliphatic rings. The van der Waals surface area contributed by atoms with Gasteiger partial charge in [-0.3, -0.25) is 14.9 Å². The summed E-state index contributed by atoms with van der Waals surface area (Å²) in [4.78, 5) is 23.7. The zero-order chi connectivity index (χ0) is 23.2. The molecule has 0 spiro atoms. The lowest BCUT2D eigenvalue weighted by Crippen LogP contribution is -2.22. The molecule has 0 atom stereocenters. The molecule has 0 aliphatic carbocycles. The number of furan rings is 1. The monoisotopic (exact) mass is 475 g/mol. The first-order valence-corrected chi connectivity index (χ1v) is 10.9. The fourth-order valence-corrected chi connectivity index (χ4v) is 4.35. The number of hydrogen-bond donors (Lipinski definition) is 0. The van der Waals surface area contributed by atoms with Crippen molar-refractivity contribution in [1.82, 2.24) is 19.8 Å². The molecular weight excluding hydrogens is 462 g/mol. The van der Waals surface area contributed by atoms with Crippen LogP contribution in [0.5, 0.6) is 11.5 Å². The molecule has 34 heavy (non-hydrogen) atoms. The first-order valence-electron chi connectivity index (χ1n) is 10.0. The van der Waals surface area contributed by atoms with Crippen molar-refractivity contribution in [1.29, 1.82) is 0 Å². The van der Waals surface area contributed by atoms with Crippen molar-refractivity contribution in [2.75, 3.05) is 6.79 Å². The first kappa shape index (κ1) is 20.1. The van der Waals surface area contributed by atoms with Crippen molar-refractivity contribution in [2.45, 2.75) is 6.42 Å². The SMILES string of the molecule is O=c1c(Cc2ccc3c(c2)OCO3)nnc2sc(-c3ccc(-c4ccc([N+](=O)[O-])cc4)o3)nn12. The van der Waals surface area contributed by atoms with Crippen molar-refractivity contribution < 1.29 is 18.8 Å². The molecule has 11 nitrogen and oxygen atoms in total. The molecular formula is C22H13N5O6S. The first-order chi connectivity index (χ1) is 16.5. The molecule has 3 aromatic heterocycles. The molecule has 2 aromatic carbocycles. The smallest absolute Gasteiger partial charge is 0.297 e. The molecule has 0 saturated carbocycles. The molecule has 0 amide bonds. The van der Waals surface area contributed by atoms with Gasteiger partial charge in [0.25, 0.3) is 11.2 Å². The summed E-state index contributed by atoms with van der Waals surface area (Å²) >= 11 is 1.17. The molecule has 168 valence electrons. The molecule has 0 N–H and O–H groups in total. The van der Waals surface area contributed by atoms with Gasteiger partial charge < -0.3 is 13.9 Å². The highest BCUT2D eigenvalue weighted by Crippen LogP contribution is 2.33. The number of rotatable bonds is 5. The van der Waals surface area contributed by atoms with Gasteiger partial charge in [-0.15, -0.1) is 15.3 Å². The number of aromatic nitrogens is 4. The average Bonchev–Trinajstić information content (AvgIpc) is 3.60. The number of non-ortho nitro benzene ring substituents is 1. The van der Waals surface area contributed by atoms with E-state index in [2.05, 4.69) is 15.3 Å². The van der Waals surface area contributed by atoms with E-state index in [9.17, 15) is 14.9 Å². The van der Waals surface area contributed by atoms with E-state index in [-0.39, 0.29) is 30.2 Å². The van der Waals surface area contributed by atoms with E-state index in [1.165, 1.54) is 28.0 Å². The van der Waals surface area contributed by atoms with E-state index >= 15 is 0 Å². The maximum atomic E-state index is 13.0. The molecule has 0 saturated heterocycles. The molecule has 5 aromatic rings. The van der Waals surface area contributed by atoms with Crippen LogP contribution in [0.3, 0.4) is 0 Å². The Morgan fingerprint density at radius 1 is 1.00 bits per heavy atom. The summed E-state index contributed by atoms with van der Waals surface area (Å²) in [6.45, 7) is 0.174. The quantitative estimate of drug-likeness (QED) is 0.275. The van der Waals surface area contributed by atoms with Crippen LogP contribution in [-0.4, -0.2) is 31.5 Å². The van der Waals surface area contributed by atoms with Crippen molar-refractivity contribution in [3.63, 3.8) is 0 Å². The van der Waals surface area contributed by atoms with Crippen LogP contribution in [0.1, 0.15) is 11.3 Å². The minimum atomic E-state index is -0.460. The van der Waals surface area contributed by atoms with Crippen LogP contribution >= 0.6 is 11.3 Å². The molecule has 0 unspecified atom stereocenters. The third kappa shape index (κ3) is 3.46. The third-order valence-corrected chi connectivity index (χ3v) is 6.16. The Bertz CT molecular complexity index is 1620.